The minimum atomic E-state index is 0.0850. The van der Waals surface area contributed by atoms with E-state index in [9.17, 15) is 5.26 Å². The molecule has 0 saturated heterocycles. The zero-order valence-electron chi connectivity index (χ0n) is 16.1. The molecule has 0 bridgehead atoms. The number of nitriles is 1. The molecule has 2 aliphatic rings. The number of guanidine groups is 1. The van der Waals surface area contributed by atoms with E-state index in [4.69, 9.17) is 9.73 Å². The fourth-order valence-corrected chi connectivity index (χ4v) is 3.58. The van der Waals surface area contributed by atoms with Crippen LogP contribution in [0.2, 0.25) is 0 Å². The van der Waals surface area contributed by atoms with E-state index in [2.05, 4.69) is 33.8 Å². The van der Waals surface area contributed by atoms with E-state index in [-0.39, 0.29) is 12.1 Å². The van der Waals surface area contributed by atoms with Crippen LogP contribution >= 0.6 is 0 Å². The third-order valence-corrected chi connectivity index (χ3v) is 5.04. The van der Waals surface area contributed by atoms with Crippen LogP contribution in [0, 0.1) is 11.3 Å². The van der Waals surface area contributed by atoms with Crippen molar-refractivity contribution >= 4 is 11.5 Å². The molecule has 0 spiro atoms. The summed E-state index contributed by atoms with van der Waals surface area (Å²) >= 11 is 0. The smallest absolute Gasteiger partial charge is 0.200 e. The number of hydrogen-bond donors (Lipinski definition) is 2. The van der Waals surface area contributed by atoms with Crippen molar-refractivity contribution in [2.24, 2.45) is 4.99 Å². The fourth-order valence-electron chi connectivity index (χ4n) is 3.58. The molecule has 0 unspecified atom stereocenters. The molecule has 6 heteroatoms. The molecule has 2 N–H and O–H groups in total. The van der Waals surface area contributed by atoms with E-state index < -0.39 is 0 Å². The number of nitrogens with zero attached hydrogens (tertiary/aromatic N) is 3. The highest BCUT2D eigenvalue weighted by Gasteiger charge is 2.28. The van der Waals surface area contributed by atoms with Crippen molar-refractivity contribution in [1.29, 1.82) is 5.26 Å². The number of aromatic nitrogens is 1. The SMILES string of the molecule is N#CC(=C1C=CNC(=N[C@H]2CCC[C@@H]2OCc2ccccc2)N1)c1ccccn1. The number of pyridine rings is 1. The summed E-state index contributed by atoms with van der Waals surface area (Å²) in [5.41, 5.74) is 2.97. The second-order valence-electron chi connectivity index (χ2n) is 7.03. The van der Waals surface area contributed by atoms with Gasteiger partial charge in [0, 0.05) is 12.4 Å². The third-order valence-electron chi connectivity index (χ3n) is 5.04. The minimum Gasteiger partial charge on any atom is -0.371 e. The van der Waals surface area contributed by atoms with Crippen LogP contribution < -0.4 is 10.6 Å². The van der Waals surface area contributed by atoms with E-state index >= 15 is 0 Å². The minimum absolute atomic E-state index is 0.0850. The van der Waals surface area contributed by atoms with Crippen LogP contribution in [-0.4, -0.2) is 23.1 Å². The Morgan fingerprint density at radius 2 is 2.03 bits per heavy atom. The summed E-state index contributed by atoms with van der Waals surface area (Å²) in [6.07, 6.45) is 8.47. The lowest BCUT2D eigenvalue weighted by Crippen LogP contribution is -2.39. The Balaban J connectivity index is 1.47. The van der Waals surface area contributed by atoms with Gasteiger partial charge in [0.25, 0.3) is 0 Å². The molecule has 1 aliphatic heterocycles. The number of aliphatic imine (C=N–C) groups is 1. The van der Waals surface area contributed by atoms with Crippen molar-refractivity contribution in [1.82, 2.24) is 15.6 Å². The lowest BCUT2D eigenvalue weighted by Gasteiger charge is -2.21. The Kier molecular flexibility index (Phi) is 5.98. The van der Waals surface area contributed by atoms with Crippen molar-refractivity contribution in [2.45, 2.75) is 38.0 Å². The Morgan fingerprint density at radius 3 is 2.83 bits per heavy atom. The molecule has 29 heavy (non-hydrogen) atoms. The molecule has 2 atom stereocenters. The molecule has 1 aromatic heterocycles. The van der Waals surface area contributed by atoms with Crippen molar-refractivity contribution in [2.75, 3.05) is 0 Å². The molecule has 2 heterocycles. The molecule has 146 valence electrons. The maximum Gasteiger partial charge on any atom is 0.200 e. The number of hydrogen-bond acceptors (Lipinski definition) is 4. The quantitative estimate of drug-likeness (QED) is 0.770. The lowest BCUT2D eigenvalue weighted by atomic mass is 10.1. The molecule has 1 fully saturated rings. The summed E-state index contributed by atoms with van der Waals surface area (Å²) in [7, 11) is 0. The first-order chi connectivity index (χ1) is 14.3. The van der Waals surface area contributed by atoms with Crippen LogP contribution in [0.4, 0.5) is 0 Å². The standard InChI is InChI=1S/C23H23N5O/c24-15-18(19-9-4-5-13-25-19)20-12-14-26-23(27-20)28-21-10-6-11-22(21)29-16-17-7-2-1-3-8-17/h1-5,7-9,12-14,21-22H,6,10-11,16H2,(H2,26,27,28)/t21-,22-/m0/s1. The highest BCUT2D eigenvalue weighted by Crippen LogP contribution is 2.26. The van der Waals surface area contributed by atoms with E-state index in [0.29, 0.717) is 29.5 Å². The van der Waals surface area contributed by atoms with Gasteiger partial charge in [0.2, 0.25) is 0 Å². The first-order valence-electron chi connectivity index (χ1n) is 9.83. The molecule has 2 aromatic rings. The van der Waals surface area contributed by atoms with Gasteiger partial charge in [-0.15, -0.1) is 0 Å². The number of ether oxygens (including phenoxy) is 1. The average molecular weight is 385 g/mol. The molecule has 1 aromatic carbocycles. The van der Waals surface area contributed by atoms with Crippen molar-refractivity contribution in [3.63, 3.8) is 0 Å². The third kappa shape index (κ3) is 4.71. The van der Waals surface area contributed by atoms with Crippen LogP contribution in [0.25, 0.3) is 5.57 Å². The van der Waals surface area contributed by atoms with Crippen LogP contribution in [0.3, 0.4) is 0 Å². The van der Waals surface area contributed by atoms with Gasteiger partial charge in [-0.25, -0.2) is 4.99 Å². The van der Waals surface area contributed by atoms with E-state index in [1.807, 2.05) is 42.5 Å². The van der Waals surface area contributed by atoms with Gasteiger partial charge in [-0.05, 0) is 43.0 Å². The van der Waals surface area contributed by atoms with Crippen LogP contribution in [0.5, 0.6) is 0 Å². The number of allylic oxidation sites excluding steroid dienone is 2. The van der Waals surface area contributed by atoms with E-state index in [1.165, 1.54) is 5.56 Å². The second kappa shape index (κ2) is 9.18. The first kappa shape index (κ1) is 18.9. The molecular formula is C23H23N5O. The highest BCUT2D eigenvalue weighted by molar-refractivity contribution is 5.89. The monoisotopic (exact) mass is 385 g/mol. The van der Waals surface area contributed by atoms with Gasteiger partial charge in [-0.2, -0.15) is 5.26 Å². The van der Waals surface area contributed by atoms with E-state index in [0.717, 1.165) is 19.3 Å². The van der Waals surface area contributed by atoms with Crippen molar-refractivity contribution in [3.8, 4) is 6.07 Å². The Morgan fingerprint density at radius 1 is 1.17 bits per heavy atom. The van der Waals surface area contributed by atoms with E-state index in [1.54, 1.807) is 12.4 Å². The summed E-state index contributed by atoms with van der Waals surface area (Å²) in [6, 6.07) is 18.1. The van der Waals surface area contributed by atoms with Gasteiger partial charge >= 0.3 is 0 Å². The zero-order chi connectivity index (χ0) is 19.9. The second-order valence-corrected chi connectivity index (χ2v) is 7.03. The Labute approximate surface area is 170 Å². The van der Waals surface area contributed by atoms with Gasteiger partial charge in [-0.1, -0.05) is 36.4 Å². The Bertz CT molecular complexity index is 960. The largest absolute Gasteiger partial charge is 0.371 e. The lowest BCUT2D eigenvalue weighted by molar-refractivity contribution is 0.0361. The number of rotatable bonds is 5. The van der Waals surface area contributed by atoms with Crippen molar-refractivity contribution < 1.29 is 4.74 Å². The van der Waals surface area contributed by atoms with Gasteiger partial charge in [0.05, 0.1) is 30.1 Å². The summed E-state index contributed by atoms with van der Waals surface area (Å²) < 4.78 is 6.15. The summed E-state index contributed by atoms with van der Waals surface area (Å²) in [6.45, 7) is 0.594. The van der Waals surface area contributed by atoms with Gasteiger partial charge in [0.15, 0.2) is 5.96 Å². The van der Waals surface area contributed by atoms with Gasteiger partial charge in [0.1, 0.15) is 11.6 Å². The molecular weight excluding hydrogens is 362 g/mol. The summed E-state index contributed by atoms with van der Waals surface area (Å²) in [5, 5.41) is 16.0. The molecule has 0 amide bonds. The number of nitrogens with one attached hydrogen (secondary N) is 2. The van der Waals surface area contributed by atoms with Gasteiger partial charge in [-0.3, -0.25) is 4.98 Å². The normalized spacial score (nSPS) is 23.9. The average Bonchev–Trinajstić information content (AvgIpc) is 3.21. The van der Waals surface area contributed by atoms with Crippen molar-refractivity contribution in [3.05, 3.63) is 84.0 Å². The van der Waals surface area contributed by atoms with Crippen LogP contribution in [-0.2, 0) is 11.3 Å². The zero-order valence-corrected chi connectivity index (χ0v) is 16.1. The first-order valence-corrected chi connectivity index (χ1v) is 9.83. The maximum atomic E-state index is 9.62. The molecule has 6 nitrogen and oxygen atoms in total. The van der Waals surface area contributed by atoms with Crippen LogP contribution in [0.15, 0.2) is 77.7 Å². The highest BCUT2D eigenvalue weighted by atomic mass is 16.5. The predicted molar refractivity (Wildman–Crippen MR) is 112 cm³/mol. The van der Waals surface area contributed by atoms with Gasteiger partial charge < -0.3 is 15.4 Å². The fraction of sp³-hybridized carbons (Fsp3) is 0.261. The predicted octanol–water partition coefficient (Wildman–Crippen LogP) is 3.52. The van der Waals surface area contributed by atoms with Crippen LogP contribution in [0.1, 0.15) is 30.5 Å². The molecule has 4 rings (SSSR count). The summed E-state index contributed by atoms with van der Waals surface area (Å²) in [4.78, 5) is 9.13. The molecule has 1 aliphatic carbocycles. The topological polar surface area (TPSA) is 82.3 Å². The summed E-state index contributed by atoms with van der Waals surface area (Å²) in [5.74, 6) is 0.631. The molecule has 1 saturated carbocycles. The molecule has 0 radical (unpaired) electrons. The number of benzene rings is 1. The Hall–Kier alpha value is -3.43. The maximum absolute atomic E-state index is 9.62.